The molecule has 0 saturated heterocycles. The van der Waals surface area contributed by atoms with Crippen LogP contribution in [0.3, 0.4) is 0 Å². The van der Waals surface area contributed by atoms with E-state index < -0.39 is 0 Å². The molecule has 0 radical (unpaired) electrons. The Bertz CT molecular complexity index is 272. The summed E-state index contributed by atoms with van der Waals surface area (Å²) in [6.45, 7) is 0. The van der Waals surface area contributed by atoms with E-state index in [1.54, 1.807) is 0 Å². The number of halogens is 2. The van der Waals surface area contributed by atoms with E-state index in [0.717, 1.165) is 0 Å². The first-order valence-corrected chi connectivity index (χ1v) is 3.68. The second-order valence-corrected chi connectivity index (χ2v) is 2.92. The molecule has 0 spiro atoms. The summed E-state index contributed by atoms with van der Waals surface area (Å²) in [7, 11) is 0. The Kier molecular flexibility index (Phi) is 2.21. The zero-order valence-electron chi connectivity index (χ0n) is 4.19. The smallest absolute Gasteiger partial charge is 0.141 e. The minimum atomic E-state index is 0.433. The molecule has 1 N–H and O–H groups in total. The van der Waals surface area contributed by atoms with Gasteiger partial charge >= 0.3 is 0 Å². The van der Waals surface area contributed by atoms with Crippen molar-refractivity contribution in [3.05, 3.63) is 20.6 Å². The summed E-state index contributed by atoms with van der Waals surface area (Å²) in [6, 6.07) is 0. The van der Waals surface area contributed by atoms with Gasteiger partial charge in [-0.3, -0.25) is 0 Å². The summed E-state index contributed by atoms with van der Waals surface area (Å²) in [4.78, 5) is 6.54. The number of aromatic nitrogens is 2. The zero-order valence-corrected chi connectivity index (χ0v) is 7.35. The maximum Gasteiger partial charge on any atom is 0.141 e. The molecule has 0 bridgehead atoms. The fraction of sp³-hybridized carbons (Fsp3) is 0. The summed E-state index contributed by atoms with van der Waals surface area (Å²) in [6.07, 6.45) is 1.52. The Balaban J connectivity index is 3.34. The molecule has 0 saturated carbocycles. The largest absolute Gasteiger partial charge is 0.334 e. The number of nitrogens with one attached hydrogen (secondary N) is 1. The molecule has 0 fully saturated rings. The van der Waals surface area contributed by atoms with Crippen LogP contribution in [0.2, 0.25) is 5.15 Å². The Morgan fingerprint density at radius 2 is 2.44 bits per heavy atom. The lowest BCUT2D eigenvalue weighted by atomic mass is 10.8. The molecule has 0 unspecified atom stereocenters. The van der Waals surface area contributed by atoms with Crippen LogP contribution in [0.5, 0.6) is 0 Å². The van der Waals surface area contributed by atoms with Crippen LogP contribution in [0.4, 0.5) is 0 Å². The van der Waals surface area contributed by atoms with Gasteiger partial charge in [-0.15, -0.1) is 0 Å². The minimum Gasteiger partial charge on any atom is -0.334 e. The molecular formula is C4H2BrClN2S. The van der Waals surface area contributed by atoms with Crippen LogP contribution in [0.15, 0.2) is 10.8 Å². The summed E-state index contributed by atoms with van der Waals surface area (Å²) in [5, 5.41) is 0.433. The summed E-state index contributed by atoms with van der Waals surface area (Å²) in [5.74, 6) is 0. The first-order valence-electron chi connectivity index (χ1n) is 2.10. The van der Waals surface area contributed by atoms with Crippen LogP contribution in [0.1, 0.15) is 0 Å². The summed E-state index contributed by atoms with van der Waals surface area (Å²) >= 11 is 13.4. The third kappa shape index (κ3) is 1.74. The molecule has 1 aromatic rings. The zero-order chi connectivity index (χ0) is 6.85. The van der Waals surface area contributed by atoms with Gasteiger partial charge in [-0.2, -0.15) is 0 Å². The van der Waals surface area contributed by atoms with E-state index in [1.165, 1.54) is 6.20 Å². The average Bonchev–Trinajstić information content (AvgIpc) is 1.80. The number of aromatic amines is 1. The molecule has 0 aliphatic carbocycles. The molecule has 5 heteroatoms. The van der Waals surface area contributed by atoms with E-state index in [2.05, 4.69) is 25.9 Å². The van der Waals surface area contributed by atoms with Crippen molar-refractivity contribution in [2.75, 3.05) is 0 Å². The van der Waals surface area contributed by atoms with Gasteiger partial charge in [0, 0.05) is 0 Å². The van der Waals surface area contributed by atoms with Gasteiger partial charge in [-0.1, -0.05) is 23.8 Å². The van der Waals surface area contributed by atoms with Gasteiger partial charge < -0.3 is 4.98 Å². The topological polar surface area (TPSA) is 28.7 Å². The van der Waals surface area contributed by atoms with Crippen molar-refractivity contribution < 1.29 is 0 Å². The molecule has 0 amide bonds. The molecule has 0 atom stereocenters. The lowest BCUT2D eigenvalue weighted by Crippen LogP contribution is -1.80. The van der Waals surface area contributed by atoms with Crippen molar-refractivity contribution in [3.63, 3.8) is 0 Å². The quantitative estimate of drug-likeness (QED) is 0.688. The van der Waals surface area contributed by atoms with Crippen LogP contribution in [-0.2, 0) is 0 Å². The number of rotatable bonds is 0. The fourth-order valence-electron chi connectivity index (χ4n) is 0.364. The van der Waals surface area contributed by atoms with Crippen molar-refractivity contribution in [1.29, 1.82) is 0 Å². The van der Waals surface area contributed by atoms with Crippen LogP contribution in [0.25, 0.3) is 0 Å². The van der Waals surface area contributed by atoms with Gasteiger partial charge in [0.2, 0.25) is 0 Å². The maximum absolute atomic E-state index is 5.58. The van der Waals surface area contributed by atoms with Crippen molar-refractivity contribution >= 4 is 39.7 Å². The molecule has 0 aliphatic rings. The maximum atomic E-state index is 5.58. The summed E-state index contributed by atoms with van der Waals surface area (Å²) < 4.78 is 1.11. The SMILES string of the molecule is S=c1cnc(Br)c(Cl)[nH]1. The van der Waals surface area contributed by atoms with Gasteiger partial charge in [-0.05, 0) is 15.9 Å². The monoisotopic (exact) mass is 224 g/mol. The first-order chi connectivity index (χ1) is 4.20. The fourth-order valence-corrected chi connectivity index (χ4v) is 0.927. The highest BCUT2D eigenvalue weighted by molar-refractivity contribution is 9.10. The number of hydrogen-bond acceptors (Lipinski definition) is 2. The van der Waals surface area contributed by atoms with Gasteiger partial charge in [0.25, 0.3) is 0 Å². The Morgan fingerprint density at radius 1 is 1.78 bits per heavy atom. The molecule has 1 rings (SSSR count). The highest BCUT2D eigenvalue weighted by Gasteiger charge is 1.93. The van der Waals surface area contributed by atoms with E-state index in [9.17, 15) is 0 Å². The molecule has 1 heterocycles. The van der Waals surface area contributed by atoms with E-state index >= 15 is 0 Å². The Hall–Kier alpha value is 0.0700. The Morgan fingerprint density at radius 3 is 2.89 bits per heavy atom. The van der Waals surface area contributed by atoms with E-state index in [-0.39, 0.29) is 0 Å². The second-order valence-electron chi connectivity index (χ2n) is 1.35. The highest BCUT2D eigenvalue weighted by Crippen LogP contribution is 2.14. The van der Waals surface area contributed by atoms with Crippen molar-refractivity contribution in [1.82, 2.24) is 9.97 Å². The van der Waals surface area contributed by atoms with Crippen molar-refractivity contribution in [2.24, 2.45) is 0 Å². The summed E-state index contributed by atoms with van der Waals surface area (Å²) in [5.41, 5.74) is 0. The Labute approximate surface area is 70.4 Å². The average molecular weight is 225 g/mol. The normalized spacial score (nSPS) is 9.56. The third-order valence-corrected chi connectivity index (χ3v) is 2.02. The lowest BCUT2D eigenvalue weighted by molar-refractivity contribution is 1.15. The predicted molar refractivity (Wildman–Crippen MR) is 42.1 cm³/mol. The lowest BCUT2D eigenvalue weighted by Gasteiger charge is -1.90. The van der Waals surface area contributed by atoms with Crippen LogP contribution in [-0.4, -0.2) is 9.97 Å². The molecular weight excluding hydrogens is 223 g/mol. The standard InChI is InChI=1S/C4H2BrClN2S/c5-3-4(6)8-2(9)1-7-3/h1H,(H,8,9). The van der Waals surface area contributed by atoms with E-state index in [4.69, 9.17) is 23.8 Å². The second kappa shape index (κ2) is 2.77. The van der Waals surface area contributed by atoms with Crippen molar-refractivity contribution in [2.45, 2.75) is 0 Å². The van der Waals surface area contributed by atoms with Crippen molar-refractivity contribution in [3.8, 4) is 0 Å². The van der Waals surface area contributed by atoms with E-state index in [1.807, 2.05) is 0 Å². The molecule has 48 valence electrons. The van der Waals surface area contributed by atoms with Gasteiger partial charge in [0.05, 0.1) is 6.20 Å². The minimum absolute atomic E-state index is 0.433. The highest BCUT2D eigenvalue weighted by atomic mass is 79.9. The van der Waals surface area contributed by atoms with Gasteiger partial charge in [-0.25, -0.2) is 4.98 Å². The van der Waals surface area contributed by atoms with Gasteiger partial charge in [0.15, 0.2) is 0 Å². The molecule has 9 heavy (non-hydrogen) atoms. The number of hydrogen-bond donors (Lipinski definition) is 1. The van der Waals surface area contributed by atoms with Gasteiger partial charge in [0.1, 0.15) is 14.4 Å². The molecule has 0 aromatic carbocycles. The number of nitrogens with zero attached hydrogens (tertiary/aromatic N) is 1. The third-order valence-electron chi connectivity index (χ3n) is 0.709. The molecule has 2 nitrogen and oxygen atoms in total. The van der Waals surface area contributed by atoms with E-state index in [0.29, 0.717) is 14.4 Å². The van der Waals surface area contributed by atoms with Crippen LogP contribution >= 0.6 is 39.7 Å². The first kappa shape index (κ1) is 7.18. The predicted octanol–water partition coefficient (Wildman–Crippen LogP) is 2.56. The van der Waals surface area contributed by atoms with Crippen LogP contribution < -0.4 is 0 Å². The van der Waals surface area contributed by atoms with Crippen LogP contribution in [0, 0.1) is 4.64 Å². The number of H-pyrrole nitrogens is 1. The molecule has 1 aromatic heterocycles. The molecule has 0 aliphatic heterocycles.